The summed E-state index contributed by atoms with van der Waals surface area (Å²) in [7, 11) is 2.18. The highest BCUT2D eigenvalue weighted by atomic mass is 15.0. The molecule has 1 heterocycles. The maximum Gasteiger partial charge on any atom is 0.185 e. The molecular formula is C7H14BN. The molecule has 1 aliphatic rings. The van der Waals surface area contributed by atoms with Crippen LogP contribution in [0.15, 0.2) is 11.1 Å². The molecule has 1 nitrogen and oxygen atoms in total. The first-order valence-corrected chi connectivity index (χ1v) is 3.54. The molecule has 0 bridgehead atoms. The van der Waals surface area contributed by atoms with Gasteiger partial charge in [0.2, 0.25) is 0 Å². The van der Waals surface area contributed by atoms with Crippen molar-refractivity contribution in [1.29, 1.82) is 0 Å². The summed E-state index contributed by atoms with van der Waals surface area (Å²) in [6.45, 7) is 6.88. The number of nitrogens with zero attached hydrogens (tertiary/aromatic N) is 1. The zero-order valence-corrected chi connectivity index (χ0v) is 6.57. The van der Waals surface area contributed by atoms with Gasteiger partial charge in [-0.25, -0.2) is 0 Å². The Morgan fingerprint density at radius 2 is 2.00 bits per heavy atom. The molecule has 2 heteroatoms. The lowest BCUT2D eigenvalue weighted by Crippen LogP contribution is -2.27. The summed E-state index contributed by atoms with van der Waals surface area (Å²) in [5, 5.41) is 0. The maximum absolute atomic E-state index is 2.36. The molecule has 0 saturated carbocycles. The first kappa shape index (κ1) is 6.88. The van der Waals surface area contributed by atoms with E-state index in [2.05, 4.69) is 26.6 Å². The van der Waals surface area contributed by atoms with E-state index in [1.54, 1.807) is 11.1 Å². The van der Waals surface area contributed by atoms with Gasteiger partial charge in [0.05, 0.1) is 0 Å². The van der Waals surface area contributed by atoms with E-state index in [9.17, 15) is 0 Å². The molecule has 0 aromatic rings. The summed E-state index contributed by atoms with van der Waals surface area (Å²) >= 11 is 0. The fourth-order valence-electron chi connectivity index (χ4n) is 1.19. The van der Waals surface area contributed by atoms with Crippen molar-refractivity contribution >= 4 is 7.98 Å². The second kappa shape index (κ2) is 2.57. The Morgan fingerprint density at radius 3 is 2.44 bits per heavy atom. The highest BCUT2D eigenvalue weighted by Gasteiger charge is 2.07. The second-order valence-corrected chi connectivity index (χ2v) is 3.05. The van der Waals surface area contributed by atoms with E-state index >= 15 is 0 Å². The van der Waals surface area contributed by atoms with Crippen LogP contribution in [0.5, 0.6) is 0 Å². The van der Waals surface area contributed by atoms with Crippen molar-refractivity contribution in [3.63, 3.8) is 0 Å². The van der Waals surface area contributed by atoms with E-state index in [0.717, 1.165) is 0 Å². The summed E-state index contributed by atoms with van der Waals surface area (Å²) in [6.07, 6.45) is 1.27. The summed E-state index contributed by atoms with van der Waals surface area (Å²) in [5.74, 6) is 0. The first-order valence-electron chi connectivity index (χ1n) is 3.54. The minimum absolute atomic E-state index is 1.17. The monoisotopic (exact) mass is 123 g/mol. The average molecular weight is 123 g/mol. The molecule has 1 rings (SSSR count). The average Bonchev–Trinajstić information content (AvgIpc) is 1.80. The van der Waals surface area contributed by atoms with Crippen LogP contribution >= 0.6 is 0 Å². The molecule has 9 heavy (non-hydrogen) atoms. The lowest BCUT2D eigenvalue weighted by molar-refractivity contribution is 0.465. The van der Waals surface area contributed by atoms with Gasteiger partial charge in [-0.15, -0.1) is 0 Å². The highest BCUT2D eigenvalue weighted by Crippen LogP contribution is 2.14. The van der Waals surface area contributed by atoms with Gasteiger partial charge in [-0.05, 0) is 26.8 Å². The molecule has 0 unspecified atom stereocenters. The molecule has 0 atom stereocenters. The summed E-state index contributed by atoms with van der Waals surface area (Å²) in [4.78, 5) is 2.36. The quantitative estimate of drug-likeness (QED) is 0.336. The Morgan fingerprint density at radius 1 is 1.33 bits per heavy atom. The number of hydrogen-bond donors (Lipinski definition) is 0. The van der Waals surface area contributed by atoms with Crippen molar-refractivity contribution in [2.45, 2.75) is 20.3 Å². The fraction of sp³-hybridized carbons (Fsp3) is 0.714. The van der Waals surface area contributed by atoms with Gasteiger partial charge in [-0.3, -0.25) is 0 Å². The molecule has 0 amide bonds. The van der Waals surface area contributed by atoms with Crippen LogP contribution < -0.4 is 0 Å². The van der Waals surface area contributed by atoms with Crippen molar-refractivity contribution in [1.82, 2.24) is 4.81 Å². The molecule has 0 radical (unpaired) electrons. The molecule has 0 aromatic heterocycles. The van der Waals surface area contributed by atoms with Gasteiger partial charge < -0.3 is 4.81 Å². The van der Waals surface area contributed by atoms with Gasteiger partial charge in [-0.1, -0.05) is 11.1 Å². The Hall–Kier alpha value is -0.235. The second-order valence-electron chi connectivity index (χ2n) is 3.05. The molecule has 0 saturated heterocycles. The Balaban J connectivity index is 2.61. The van der Waals surface area contributed by atoms with Gasteiger partial charge in [0.25, 0.3) is 0 Å². The minimum Gasteiger partial charge on any atom is -0.345 e. The van der Waals surface area contributed by atoms with Crippen molar-refractivity contribution in [3.8, 4) is 0 Å². The lowest BCUT2D eigenvalue weighted by atomic mass is 10.0. The summed E-state index contributed by atoms with van der Waals surface area (Å²) in [6, 6.07) is 0. The van der Waals surface area contributed by atoms with Crippen LogP contribution in [-0.4, -0.2) is 25.9 Å². The van der Waals surface area contributed by atoms with Crippen molar-refractivity contribution in [2.75, 3.05) is 13.1 Å². The molecule has 0 spiro atoms. The maximum atomic E-state index is 2.36. The van der Waals surface area contributed by atoms with Gasteiger partial charge in [0, 0.05) is 6.54 Å². The zero-order chi connectivity index (χ0) is 6.85. The van der Waals surface area contributed by atoms with E-state index in [1.165, 1.54) is 19.5 Å². The summed E-state index contributed by atoms with van der Waals surface area (Å²) < 4.78 is 0. The van der Waals surface area contributed by atoms with Crippen LogP contribution in [0.25, 0.3) is 0 Å². The normalized spacial score (nSPS) is 22.9. The third-order valence-electron chi connectivity index (χ3n) is 2.10. The number of hydrogen-bond acceptors (Lipinski definition) is 1. The molecule has 1 aliphatic heterocycles. The van der Waals surface area contributed by atoms with E-state index in [-0.39, 0.29) is 0 Å². The molecular weight excluding hydrogens is 109 g/mol. The standard InChI is InChI=1S/C7H14BN/c1-6-3-4-9(8)5-7(6)2/h3-5,8H2,1-2H3. The highest BCUT2D eigenvalue weighted by molar-refractivity contribution is 6.04. The topological polar surface area (TPSA) is 3.24 Å². The minimum atomic E-state index is 1.17. The molecule has 0 aromatic carbocycles. The van der Waals surface area contributed by atoms with Gasteiger partial charge in [-0.2, -0.15) is 0 Å². The van der Waals surface area contributed by atoms with Crippen LogP contribution in [0.1, 0.15) is 20.3 Å². The number of rotatable bonds is 0. The van der Waals surface area contributed by atoms with Crippen molar-refractivity contribution < 1.29 is 0 Å². The van der Waals surface area contributed by atoms with Crippen LogP contribution in [0.3, 0.4) is 0 Å². The predicted molar refractivity (Wildman–Crippen MR) is 43.1 cm³/mol. The molecule has 0 N–H and O–H groups in total. The van der Waals surface area contributed by atoms with Crippen LogP contribution in [-0.2, 0) is 0 Å². The van der Waals surface area contributed by atoms with Crippen LogP contribution in [0.2, 0.25) is 0 Å². The van der Waals surface area contributed by atoms with Crippen LogP contribution in [0.4, 0.5) is 0 Å². The van der Waals surface area contributed by atoms with Gasteiger partial charge >= 0.3 is 0 Å². The third kappa shape index (κ3) is 1.58. The van der Waals surface area contributed by atoms with Crippen LogP contribution in [0, 0.1) is 0 Å². The van der Waals surface area contributed by atoms with E-state index in [0.29, 0.717) is 0 Å². The molecule has 0 fully saturated rings. The SMILES string of the molecule is BN1CCC(C)=C(C)C1. The Labute approximate surface area is 58.2 Å². The summed E-state index contributed by atoms with van der Waals surface area (Å²) in [5.41, 5.74) is 3.15. The first-order chi connectivity index (χ1) is 4.20. The predicted octanol–water partition coefficient (Wildman–Crippen LogP) is 0.577. The Bertz CT molecular complexity index is 140. The molecule has 50 valence electrons. The van der Waals surface area contributed by atoms with Gasteiger partial charge in [0.1, 0.15) is 0 Å². The van der Waals surface area contributed by atoms with Crippen molar-refractivity contribution in [2.24, 2.45) is 0 Å². The van der Waals surface area contributed by atoms with E-state index in [1.807, 2.05) is 0 Å². The fourth-order valence-corrected chi connectivity index (χ4v) is 1.19. The zero-order valence-electron chi connectivity index (χ0n) is 6.57. The van der Waals surface area contributed by atoms with E-state index < -0.39 is 0 Å². The lowest BCUT2D eigenvalue weighted by Gasteiger charge is -2.24. The molecule has 0 aliphatic carbocycles. The van der Waals surface area contributed by atoms with Gasteiger partial charge in [0.15, 0.2) is 7.98 Å². The Kier molecular flexibility index (Phi) is 1.96. The smallest absolute Gasteiger partial charge is 0.185 e. The van der Waals surface area contributed by atoms with Crippen molar-refractivity contribution in [3.05, 3.63) is 11.1 Å². The van der Waals surface area contributed by atoms with E-state index in [4.69, 9.17) is 0 Å². The largest absolute Gasteiger partial charge is 0.345 e. The third-order valence-corrected chi connectivity index (χ3v) is 2.10.